The van der Waals surface area contributed by atoms with Crippen molar-refractivity contribution >= 4 is 22.7 Å². The van der Waals surface area contributed by atoms with Gasteiger partial charge in [-0.05, 0) is 75.2 Å². The van der Waals surface area contributed by atoms with Crippen molar-refractivity contribution in [2.24, 2.45) is 0 Å². The highest BCUT2D eigenvalue weighted by Gasteiger charge is 2.27. The molecule has 0 fully saturated rings. The number of nitrogens with zero attached hydrogens (tertiary/aromatic N) is 2. The van der Waals surface area contributed by atoms with E-state index in [1.54, 1.807) is 6.07 Å². The van der Waals surface area contributed by atoms with Gasteiger partial charge in [-0.1, -0.05) is 17.7 Å². The van der Waals surface area contributed by atoms with Gasteiger partial charge in [0.1, 0.15) is 0 Å². The molecular formula is C23H24F2N2. The Morgan fingerprint density at radius 3 is 2.63 bits per heavy atom. The lowest BCUT2D eigenvalue weighted by Gasteiger charge is -2.31. The fourth-order valence-electron chi connectivity index (χ4n) is 4.07. The van der Waals surface area contributed by atoms with E-state index in [0.717, 1.165) is 24.1 Å². The molecule has 0 N–H and O–H groups in total. The lowest BCUT2D eigenvalue weighted by atomic mass is 9.98. The molecule has 3 aromatic rings. The molecule has 4 rings (SSSR count). The third-order valence-electron chi connectivity index (χ3n) is 5.77. The standard InChI is InChI=1S/C23H24F2N2/c1-14-5-8-22-19(11-14)18-9-10-26(4)16(3)23(18)27(22)13-15(2)17-6-7-20(24)21(25)12-17/h5-8,11-13,16H,9-10H2,1-4H3/b15-13+. The van der Waals surface area contributed by atoms with Crippen LogP contribution in [0.3, 0.4) is 0 Å². The van der Waals surface area contributed by atoms with Gasteiger partial charge in [-0.2, -0.15) is 0 Å². The Labute approximate surface area is 158 Å². The average Bonchev–Trinajstić information content (AvgIpc) is 2.94. The van der Waals surface area contributed by atoms with Crippen LogP contribution in [0.1, 0.15) is 42.3 Å². The monoisotopic (exact) mass is 366 g/mol. The van der Waals surface area contributed by atoms with E-state index in [1.807, 2.05) is 6.92 Å². The summed E-state index contributed by atoms with van der Waals surface area (Å²) in [5.74, 6) is -1.63. The molecule has 0 saturated carbocycles. The third-order valence-corrected chi connectivity index (χ3v) is 5.77. The minimum Gasteiger partial charge on any atom is -0.318 e. The van der Waals surface area contributed by atoms with E-state index in [1.165, 1.54) is 34.3 Å². The SMILES string of the molecule is C/C(=C\n1c2c(c3cc(C)ccc31)CCN(C)C2C)c1ccc(F)c(F)c1. The Bertz CT molecular complexity index is 1060. The van der Waals surface area contributed by atoms with E-state index in [-0.39, 0.29) is 6.04 Å². The minimum absolute atomic E-state index is 0.287. The topological polar surface area (TPSA) is 8.17 Å². The Hall–Kier alpha value is -2.46. The number of hydrogen-bond acceptors (Lipinski definition) is 1. The first kappa shape index (κ1) is 17.9. The second-order valence-electron chi connectivity index (χ2n) is 7.60. The first-order valence-electron chi connectivity index (χ1n) is 9.34. The first-order chi connectivity index (χ1) is 12.9. The van der Waals surface area contributed by atoms with Crippen molar-refractivity contribution in [1.82, 2.24) is 9.47 Å². The van der Waals surface area contributed by atoms with E-state index in [4.69, 9.17) is 0 Å². The molecule has 2 aromatic carbocycles. The van der Waals surface area contributed by atoms with Gasteiger partial charge in [0.25, 0.3) is 0 Å². The Kier molecular flexibility index (Phi) is 4.39. The number of benzene rings is 2. The van der Waals surface area contributed by atoms with E-state index in [0.29, 0.717) is 5.56 Å². The van der Waals surface area contributed by atoms with Crippen LogP contribution in [0.15, 0.2) is 36.4 Å². The number of allylic oxidation sites excluding steroid dienone is 1. The number of rotatable bonds is 2. The maximum Gasteiger partial charge on any atom is 0.159 e. The molecular weight excluding hydrogens is 342 g/mol. The summed E-state index contributed by atoms with van der Waals surface area (Å²) in [5, 5.41) is 1.29. The summed E-state index contributed by atoms with van der Waals surface area (Å²) in [6.45, 7) is 7.31. The predicted molar refractivity (Wildman–Crippen MR) is 108 cm³/mol. The molecule has 0 spiro atoms. The van der Waals surface area contributed by atoms with Crippen LogP contribution >= 0.6 is 0 Å². The largest absolute Gasteiger partial charge is 0.318 e. The first-order valence-corrected chi connectivity index (χ1v) is 9.34. The fourth-order valence-corrected chi connectivity index (χ4v) is 4.07. The van der Waals surface area contributed by atoms with Crippen LogP contribution in [0.25, 0.3) is 22.7 Å². The number of likely N-dealkylation sites (N-methyl/N-ethyl adjacent to an activating group) is 1. The molecule has 27 heavy (non-hydrogen) atoms. The summed E-state index contributed by atoms with van der Waals surface area (Å²) in [6.07, 6.45) is 3.07. The van der Waals surface area contributed by atoms with Crippen molar-refractivity contribution in [3.63, 3.8) is 0 Å². The van der Waals surface area contributed by atoms with Crippen LogP contribution in [0.2, 0.25) is 0 Å². The lowest BCUT2D eigenvalue weighted by molar-refractivity contribution is 0.242. The quantitative estimate of drug-likeness (QED) is 0.557. The van der Waals surface area contributed by atoms with E-state index in [9.17, 15) is 8.78 Å². The average molecular weight is 366 g/mol. The summed E-state index contributed by atoms with van der Waals surface area (Å²) < 4.78 is 29.2. The van der Waals surface area contributed by atoms with Crippen LogP contribution in [0.5, 0.6) is 0 Å². The van der Waals surface area contributed by atoms with Gasteiger partial charge in [0.15, 0.2) is 11.6 Å². The highest BCUT2D eigenvalue weighted by atomic mass is 19.2. The zero-order chi connectivity index (χ0) is 19.3. The molecule has 2 heterocycles. The van der Waals surface area contributed by atoms with Gasteiger partial charge in [0.05, 0.1) is 5.52 Å². The van der Waals surface area contributed by atoms with E-state index < -0.39 is 11.6 Å². The van der Waals surface area contributed by atoms with Gasteiger partial charge in [0.2, 0.25) is 0 Å². The molecule has 1 aromatic heterocycles. The molecule has 0 aliphatic carbocycles. The van der Waals surface area contributed by atoms with Crippen molar-refractivity contribution in [3.8, 4) is 0 Å². The number of halogens is 2. The molecule has 0 amide bonds. The molecule has 1 aliphatic rings. The third kappa shape index (κ3) is 2.98. The summed E-state index contributed by atoms with van der Waals surface area (Å²) in [4.78, 5) is 2.35. The minimum atomic E-state index is -0.818. The molecule has 1 atom stereocenters. The van der Waals surface area contributed by atoms with Crippen LogP contribution in [0, 0.1) is 18.6 Å². The van der Waals surface area contributed by atoms with Gasteiger partial charge in [0, 0.05) is 29.9 Å². The Balaban J connectivity index is 1.94. The van der Waals surface area contributed by atoms with E-state index >= 15 is 0 Å². The number of aromatic nitrogens is 1. The fraction of sp³-hybridized carbons (Fsp3) is 0.304. The molecule has 140 valence electrons. The van der Waals surface area contributed by atoms with Gasteiger partial charge < -0.3 is 4.57 Å². The number of fused-ring (bicyclic) bond motifs is 3. The maximum absolute atomic E-state index is 13.7. The van der Waals surface area contributed by atoms with Gasteiger partial charge in [-0.3, -0.25) is 4.90 Å². The lowest BCUT2D eigenvalue weighted by Crippen LogP contribution is -2.31. The van der Waals surface area contributed by atoms with Gasteiger partial charge >= 0.3 is 0 Å². The Morgan fingerprint density at radius 1 is 1.11 bits per heavy atom. The summed E-state index contributed by atoms with van der Waals surface area (Å²) in [6, 6.07) is 10.9. The highest BCUT2D eigenvalue weighted by molar-refractivity contribution is 5.90. The van der Waals surface area contributed by atoms with Crippen LogP contribution in [-0.4, -0.2) is 23.1 Å². The smallest absolute Gasteiger partial charge is 0.159 e. The second kappa shape index (κ2) is 6.61. The van der Waals surface area contributed by atoms with Crippen LogP contribution in [0.4, 0.5) is 8.78 Å². The molecule has 2 nitrogen and oxygen atoms in total. The van der Waals surface area contributed by atoms with Gasteiger partial charge in [-0.25, -0.2) is 8.78 Å². The molecule has 4 heteroatoms. The van der Waals surface area contributed by atoms with Crippen molar-refractivity contribution in [3.05, 3.63) is 70.4 Å². The van der Waals surface area contributed by atoms with Crippen LogP contribution < -0.4 is 0 Å². The van der Waals surface area contributed by atoms with Crippen molar-refractivity contribution in [2.75, 3.05) is 13.6 Å². The molecule has 1 aliphatic heterocycles. The summed E-state index contributed by atoms with van der Waals surface area (Å²) in [5.41, 5.74) is 6.67. The second-order valence-corrected chi connectivity index (χ2v) is 7.60. The summed E-state index contributed by atoms with van der Waals surface area (Å²) >= 11 is 0. The van der Waals surface area contributed by atoms with Crippen molar-refractivity contribution < 1.29 is 8.78 Å². The number of hydrogen-bond donors (Lipinski definition) is 0. The van der Waals surface area contributed by atoms with Gasteiger partial charge in [-0.15, -0.1) is 0 Å². The normalized spacial score (nSPS) is 18.1. The molecule has 0 bridgehead atoms. The zero-order valence-electron chi connectivity index (χ0n) is 16.2. The van der Waals surface area contributed by atoms with Crippen molar-refractivity contribution in [2.45, 2.75) is 33.2 Å². The number of aryl methyl sites for hydroxylation is 1. The molecule has 0 radical (unpaired) electrons. The van der Waals surface area contributed by atoms with Crippen molar-refractivity contribution in [1.29, 1.82) is 0 Å². The Morgan fingerprint density at radius 2 is 1.89 bits per heavy atom. The zero-order valence-corrected chi connectivity index (χ0v) is 16.2. The molecule has 0 saturated heterocycles. The summed E-state index contributed by atoms with van der Waals surface area (Å²) in [7, 11) is 2.15. The van der Waals surface area contributed by atoms with E-state index in [2.05, 4.69) is 54.8 Å². The predicted octanol–water partition coefficient (Wildman–Crippen LogP) is 5.79. The molecule has 1 unspecified atom stereocenters. The maximum atomic E-state index is 13.7. The van der Waals surface area contributed by atoms with Crippen LogP contribution in [-0.2, 0) is 6.42 Å². The highest BCUT2D eigenvalue weighted by Crippen LogP contribution is 2.37.